The third-order valence-corrected chi connectivity index (χ3v) is 2.76. The van der Waals surface area contributed by atoms with Gasteiger partial charge in [-0.05, 0) is 12.8 Å². The van der Waals surface area contributed by atoms with Crippen LogP contribution in [-0.4, -0.2) is 3.92 Å². The van der Waals surface area contributed by atoms with Crippen LogP contribution in [-0.2, 0) is 0 Å². The highest BCUT2D eigenvalue weighted by Gasteiger charge is 2.19. The zero-order valence-electron chi connectivity index (χ0n) is 4.89. The van der Waals surface area contributed by atoms with Gasteiger partial charge in [-0.2, -0.15) is 5.26 Å². The molecule has 0 spiro atoms. The van der Waals surface area contributed by atoms with Crippen molar-refractivity contribution in [2.45, 2.75) is 16.8 Å². The smallest absolute Gasteiger partial charge is 0.0965 e. The molecular weight excluding hydrogens is 227 g/mol. The number of hydrogen-bond acceptors (Lipinski definition) is 2. The SMILES string of the molecule is N#CC1=C(N)C(I)CC1. The van der Waals surface area contributed by atoms with Crippen LogP contribution in [0.25, 0.3) is 0 Å². The van der Waals surface area contributed by atoms with Crippen LogP contribution in [0.4, 0.5) is 0 Å². The second-order valence-electron chi connectivity index (χ2n) is 2.05. The first-order chi connectivity index (χ1) is 4.25. The number of halogens is 1. The molecule has 0 saturated carbocycles. The van der Waals surface area contributed by atoms with Gasteiger partial charge in [-0.25, -0.2) is 0 Å². The second kappa shape index (κ2) is 2.56. The van der Waals surface area contributed by atoms with Crippen molar-refractivity contribution in [1.29, 1.82) is 5.26 Å². The topological polar surface area (TPSA) is 49.8 Å². The Kier molecular flexibility index (Phi) is 1.96. The number of hydrogen-bond donors (Lipinski definition) is 1. The van der Waals surface area contributed by atoms with E-state index < -0.39 is 0 Å². The Morgan fingerprint density at radius 1 is 1.78 bits per heavy atom. The minimum Gasteiger partial charge on any atom is -0.400 e. The summed E-state index contributed by atoms with van der Waals surface area (Å²) in [6, 6.07) is 2.09. The van der Waals surface area contributed by atoms with Crippen LogP contribution in [0.15, 0.2) is 11.3 Å². The lowest BCUT2D eigenvalue weighted by Gasteiger charge is -1.97. The van der Waals surface area contributed by atoms with E-state index in [0.29, 0.717) is 3.92 Å². The van der Waals surface area contributed by atoms with Gasteiger partial charge in [0.15, 0.2) is 0 Å². The van der Waals surface area contributed by atoms with E-state index in [1.807, 2.05) is 0 Å². The maximum Gasteiger partial charge on any atom is 0.0965 e. The summed E-state index contributed by atoms with van der Waals surface area (Å²) >= 11 is 2.26. The Morgan fingerprint density at radius 2 is 2.44 bits per heavy atom. The molecule has 1 atom stereocenters. The highest BCUT2D eigenvalue weighted by Crippen LogP contribution is 2.27. The molecule has 0 fully saturated rings. The first kappa shape index (κ1) is 6.87. The van der Waals surface area contributed by atoms with Gasteiger partial charge in [0.2, 0.25) is 0 Å². The fourth-order valence-corrected chi connectivity index (χ4v) is 1.57. The maximum absolute atomic E-state index is 8.46. The summed E-state index contributed by atoms with van der Waals surface area (Å²) in [6.07, 6.45) is 1.91. The molecule has 1 rings (SSSR count). The van der Waals surface area contributed by atoms with Crippen molar-refractivity contribution in [2.75, 3.05) is 0 Å². The monoisotopic (exact) mass is 234 g/mol. The fourth-order valence-electron chi connectivity index (χ4n) is 0.880. The van der Waals surface area contributed by atoms with Gasteiger partial charge in [-0.3, -0.25) is 0 Å². The minimum atomic E-state index is 0.400. The Balaban J connectivity index is 2.83. The predicted molar refractivity (Wildman–Crippen MR) is 43.9 cm³/mol. The molecule has 0 bridgehead atoms. The summed E-state index contributed by atoms with van der Waals surface area (Å²) < 4.78 is 0.400. The normalized spacial score (nSPS) is 26.4. The summed E-state index contributed by atoms with van der Waals surface area (Å²) in [5, 5.41) is 8.46. The molecule has 0 aliphatic heterocycles. The number of alkyl halides is 1. The molecule has 0 aromatic carbocycles. The molecule has 0 aromatic rings. The summed E-state index contributed by atoms with van der Waals surface area (Å²) in [5.41, 5.74) is 7.16. The van der Waals surface area contributed by atoms with Crippen LogP contribution < -0.4 is 5.73 Å². The average molecular weight is 234 g/mol. The van der Waals surface area contributed by atoms with Crippen molar-refractivity contribution >= 4 is 22.6 Å². The van der Waals surface area contributed by atoms with Crippen molar-refractivity contribution in [3.8, 4) is 6.07 Å². The molecule has 0 heterocycles. The van der Waals surface area contributed by atoms with Crippen LogP contribution in [0.2, 0.25) is 0 Å². The van der Waals surface area contributed by atoms with Gasteiger partial charge in [-0.15, -0.1) is 0 Å². The standard InChI is InChI=1S/C6H7IN2/c7-5-2-1-4(3-8)6(5)9/h5H,1-2,9H2. The Labute approximate surface area is 67.9 Å². The first-order valence-electron chi connectivity index (χ1n) is 2.78. The lowest BCUT2D eigenvalue weighted by molar-refractivity contribution is 0.933. The van der Waals surface area contributed by atoms with E-state index in [9.17, 15) is 0 Å². The third-order valence-electron chi connectivity index (χ3n) is 1.47. The fraction of sp³-hybridized carbons (Fsp3) is 0.500. The van der Waals surface area contributed by atoms with Gasteiger partial charge in [0.25, 0.3) is 0 Å². The molecule has 0 amide bonds. The molecule has 0 aromatic heterocycles. The second-order valence-corrected chi connectivity index (χ2v) is 3.56. The zero-order chi connectivity index (χ0) is 6.85. The molecule has 3 heteroatoms. The summed E-state index contributed by atoms with van der Waals surface area (Å²) in [6.45, 7) is 0. The van der Waals surface area contributed by atoms with E-state index in [0.717, 1.165) is 24.1 Å². The molecule has 1 unspecified atom stereocenters. The molecule has 0 saturated heterocycles. The van der Waals surface area contributed by atoms with Gasteiger partial charge in [0.1, 0.15) is 0 Å². The lowest BCUT2D eigenvalue weighted by Crippen LogP contribution is -2.05. The average Bonchev–Trinajstić information content (AvgIpc) is 2.15. The largest absolute Gasteiger partial charge is 0.400 e. The van der Waals surface area contributed by atoms with Crippen LogP contribution in [0, 0.1) is 11.3 Å². The Bertz CT molecular complexity index is 190. The van der Waals surface area contributed by atoms with Gasteiger partial charge in [0.05, 0.1) is 9.99 Å². The highest BCUT2D eigenvalue weighted by atomic mass is 127. The van der Waals surface area contributed by atoms with E-state index >= 15 is 0 Å². The zero-order valence-corrected chi connectivity index (χ0v) is 7.05. The van der Waals surface area contributed by atoms with Crippen molar-refractivity contribution in [1.82, 2.24) is 0 Å². The summed E-state index contributed by atoms with van der Waals surface area (Å²) in [7, 11) is 0. The Hall–Kier alpha value is -0.240. The quantitative estimate of drug-likeness (QED) is 0.507. The van der Waals surface area contributed by atoms with Crippen LogP contribution >= 0.6 is 22.6 Å². The van der Waals surface area contributed by atoms with Crippen LogP contribution in [0.5, 0.6) is 0 Å². The van der Waals surface area contributed by atoms with Gasteiger partial charge >= 0.3 is 0 Å². The molecule has 48 valence electrons. The molecule has 1 aliphatic carbocycles. The van der Waals surface area contributed by atoms with Crippen molar-refractivity contribution < 1.29 is 0 Å². The number of nitriles is 1. The molecule has 2 nitrogen and oxygen atoms in total. The van der Waals surface area contributed by atoms with Crippen LogP contribution in [0.3, 0.4) is 0 Å². The molecule has 9 heavy (non-hydrogen) atoms. The van der Waals surface area contributed by atoms with E-state index in [2.05, 4.69) is 28.7 Å². The van der Waals surface area contributed by atoms with Crippen LogP contribution in [0.1, 0.15) is 12.8 Å². The molecular formula is C6H7IN2. The highest BCUT2D eigenvalue weighted by molar-refractivity contribution is 14.1. The molecule has 1 aliphatic rings. The number of rotatable bonds is 0. The third kappa shape index (κ3) is 1.18. The number of nitrogens with zero attached hydrogens (tertiary/aromatic N) is 1. The lowest BCUT2D eigenvalue weighted by atomic mass is 10.2. The van der Waals surface area contributed by atoms with E-state index in [-0.39, 0.29) is 0 Å². The summed E-state index contributed by atoms with van der Waals surface area (Å²) in [4.78, 5) is 0. The number of allylic oxidation sites excluding steroid dienone is 2. The van der Waals surface area contributed by atoms with Gasteiger partial charge < -0.3 is 5.73 Å². The van der Waals surface area contributed by atoms with Gasteiger partial charge in [-0.1, -0.05) is 22.6 Å². The first-order valence-corrected chi connectivity index (χ1v) is 4.03. The molecule has 2 N–H and O–H groups in total. The van der Waals surface area contributed by atoms with E-state index in [4.69, 9.17) is 11.0 Å². The van der Waals surface area contributed by atoms with Gasteiger partial charge in [0, 0.05) is 11.3 Å². The summed E-state index contributed by atoms with van der Waals surface area (Å²) in [5.74, 6) is 0. The predicted octanol–water partition coefficient (Wildman–Crippen LogP) is 1.32. The minimum absolute atomic E-state index is 0.400. The van der Waals surface area contributed by atoms with Crippen molar-refractivity contribution in [3.63, 3.8) is 0 Å². The maximum atomic E-state index is 8.46. The number of nitrogens with two attached hydrogens (primary N) is 1. The van der Waals surface area contributed by atoms with Crippen molar-refractivity contribution in [2.24, 2.45) is 5.73 Å². The van der Waals surface area contributed by atoms with Crippen molar-refractivity contribution in [3.05, 3.63) is 11.3 Å². The molecule has 0 radical (unpaired) electrons. The Morgan fingerprint density at radius 3 is 2.67 bits per heavy atom. The van der Waals surface area contributed by atoms with E-state index in [1.165, 1.54) is 0 Å². The van der Waals surface area contributed by atoms with E-state index in [1.54, 1.807) is 0 Å².